The zero-order valence-electron chi connectivity index (χ0n) is 7.88. The van der Waals surface area contributed by atoms with Gasteiger partial charge in [-0.15, -0.1) is 23.4 Å². The van der Waals surface area contributed by atoms with Gasteiger partial charge in [-0.1, -0.05) is 15.9 Å². The normalized spacial score (nSPS) is 12.6. The van der Waals surface area contributed by atoms with Crippen LogP contribution in [-0.4, -0.2) is 12.0 Å². The van der Waals surface area contributed by atoms with Gasteiger partial charge in [0.2, 0.25) is 0 Å². The zero-order chi connectivity index (χ0) is 10.7. The Labute approximate surface area is 101 Å². The number of carbonyl (C=O) groups is 1. The second-order valence-electron chi connectivity index (χ2n) is 2.86. The van der Waals surface area contributed by atoms with Crippen LogP contribution in [0.15, 0.2) is 27.6 Å². The molecule has 0 radical (unpaired) electrons. The summed E-state index contributed by atoms with van der Waals surface area (Å²) in [6.07, 6.45) is 1.99. The van der Waals surface area contributed by atoms with Gasteiger partial charge in [0.15, 0.2) is 5.78 Å². The van der Waals surface area contributed by atoms with Crippen LogP contribution in [0.5, 0.6) is 0 Å². The first-order valence-electron chi connectivity index (χ1n) is 4.04. The summed E-state index contributed by atoms with van der Waals surface area (Å²) in [7, 11) is 0. The molecule has 1 unspecified atom stereocenters. The molecule has 0 amide bonds. The van der Waals surface area contributed by atoms with Crippen molar-refractivity contribution in [2.75, 3.05) is 6.26 Å². The van der Waals surface area contributed by atoms with Crippen molar-refractivity contribution < 1.29 is 4.79 Å². The number of Topliss-reactive ketones (excluding diaryl/α,β-unsaturated/α-hetero) is 1. The van der Waals surface area contributed by atoms with Crippen molar-refractivity contribution in [2.45, 2.75) is 17.2 Å². The van der Waals surface area contributed by atoms with Gasteiger partial charge in [0.25, 0.3) is 0 Å². The Balaban J connectivity index is 3.11. The molecular weight excluding hydrogens is 284 g/mol. The minimum atomic E-state index is -0.559. The molecule has 0 aliphatic heterocycles. The lowest BCUT2D eigenvalue weighted by atomic mass is 10.1. The predicted octanol–water partition coefficient (Wildman–Crippen LogP) is 4.04. The number of ketones is 1. The Kier molecular flexibility index (Phi) is 4.48. The summed E-state index contributed by atoms with van der Waals surface area (Å²) in [4.78, 5) is 12.2. The van der Waals surface area contributed by atoms with Crippen molar-refractivity contribution >= 4 is 45.1 Å². The molecule has 1 rings (SSSR count). The first-order chi connectivity index (χ1) is 6.56. The first-order valence-corrected chi connectivity index (χ1v) is 6.49. The Morgan fingerprint density at radius 1 is 1.57 bits per heavy atom. The summed E-state index contributed by atoms with van der Waals surface area (Å²) in [5, 5.41) is -0.559. The largest absolute Gasteiger partial charge is 0.298 e. The van der Waals surface area contributed by atoms with Crippen LogP contribution in [0.3, 0.4) is 0 Å². The van der Waals surface area contributed by atoms with Crippen LogP contribution in [0.4, 0.5) is 0 Å². The highest BCUT2D eigenvalue weighted by Crippen LogP contribution is 2.31. The fourth-order valence-corrected chi connectivity index (χ4v) is 2.30. The topological polar surface area (TPSA) is 17.1 Å². The number of rotatable bonds is 3. The molecule has 1 aromatic carbocycles. The van der Waals surface area contributed by atoms with Gasteiger partial charge in [0, 0.05) is 9.37 Å². The summed E-state index contributed by atoms with van der Waals surface area (Å²) in [6, 6.07) is 5.84. The van der Waals surface area contributed by atoms with Crippen molar-refractivity contribution in [3.63, 3.8) is 0 Å². The summed E-state index contributed by atoms with van der Waals surface area (Å²) in [6.45, 7) is 1.50. The summed E-state index contributed by atoms with van der Waals surface area (Å²) in [5.41, 5.74) is 0.839. The highest BCUT2D eigenvalue weighted by Gasteiger charge is 2.16. The SMILES string of the molecule is CSc1ccc(Br)c(C(Cl)C(C)=O)c1. The number of thioether (sulfide) groups is 1. The van der Waals surface area contributed by atoms with Crippen molar-refractivity contribution in [1.29, 1.82) is 0 Å². The molecule has 4 heteroatoms. The van der Waals surface area contributed by atoms with Crippen LogP contribution in [0.1, 0.15) is 17.9 Å². The maximum atomic E-state index is 11.1. The number of hydrogen-bond donors (Lipinski definition) is 0. The van der Waals surface area contributed by atoms with Crippen molar-refractivity contribution in [2.24, 2.45) is 0 Å². The molecule has 0 aromatic heterocycles. The van der Waals surface area contributed by atoms with E-state index in [1.807, 2.05) is 24.5 Å². The standard InChI is InChI=1S/C10H10BrClOS/c1-6(13)10(12)8-5-7(14-2)3-4-9(8)11/h3-5,10H,1-2H3. The maximum Gasteiger partial charge on any atom is 0.152 e. The van der Waals surface area contributed by atoms with Crippen LogP contribution < -0.4 is 0 Å². The van der Waals surface area contributed by atoms with Crippen LogP contribution in [0.25, 0.3) is 0 Å². The Morgan fingerprint density at radius 3 is 2.71 bits per heavy atom. The predicted molar refractivity (Wildman–Crippen MR) is 65.2 cm³/mol. The van der Waals surface area contributed by atoms with E-state index < -0.39 is 5.38 Å². The zero-order valence-corrected chi connectivity index (χ0v) is 11.0. The minimum Gasteiger partial charge on any atom is -0.298 e. The quantitative estimate of drug-likeness (QED) is 0.618. The molecule has 1 atom stereocenters. The monoisotopic (exact) mass is 292 g/mol. The molecule has 0 bridgehead atoms. The molecule has 76 valence electrons. The van der Waals surface area contributed by atoms with Gasteiger partial charge in [-0.05, 0) is 36.9 Å². The number of alkyl halides is 1. The smallest absolute Gasteiger partial charge is 0.152 e. The lowest BCUT2D eigenvalue weighted by Crippen LogP contribution is -2.02. The first kappa shape index (κ1) is 12.1. The van der Waals surface area contributed by atoms with Gasteiger partial charge in [0.05, 0.1) is 0 Å². The number of benzene rings is 1. The number of hydrogen-bond acceptors (Lipinski definition) is 2. The second-order valence-corrected chi connectivity index (χ2v) is 5.03. The third kappa shape index (κ3) is 2.75. The summed E-state index contributed by atoms with van der Waals surface area (Å²) < 4.78 is 0.880. The molecular formula is C10H10BrClOS. The lowest BCUT2D eigenvalue weighted by Gasteiger charge is -2.09. The molecule has 0 N–H and O–H groups in total. The number of carbonyl (C=O) groups excluding carboxylic acids is 1. The van der Waals surface area contributed by atoms with Crippen molar-refractivity contribution in [3.8, 4) is 0 Å². The molecule has 0 saturated carbocycles. The third-order valence-electron chi connectivity index (χ3n) is 1.83. The van der Waals surface area contributed by atoms with E-state index >= 15 is 0 Å². The number of halogens is 2. The molecule has 0 spiro atoms. The van der Waals surface area contributed by atoms with Crippen molar-refractivity contribution in [3.05, 3.63) is 28.2 Å². The Bertz CT molecular complexity index is 354. The molecule has 0 heterocycles. The Hall–Kier alpha value is 0.01000. The summed E-state index contributed by atoms with van der Waals surface area (Å²) >= 11 is 11.0. The van der Waals surface area contributed by atoms with Crippen LogP contribution >= 0.6 is 39.3 Å². The third-order valence-corrected chi connectivity index (χ3v) is 3.82. The molecule has 0 aliphatic rings. The molecule has 0 fully saturated rings. The van der Waals surface area contributed by atoms with E-state index in [4.69, 9.17) is 11.6 Å². The maximum absolute atomic E-state index is 11.1. The minimum absolute atomic E-state index is 0.0365. The highest BCUT2D eigenvalue weighted by molar-refractivity contribution is 9.10. The Morgan fingerprint density at radius 2 is 2.21 bits per heavy atom. The average molecular weight is 294 g/mol. The van der Waals surface area contributed by atoms with Gasteiger partial charge in [0.1, 0.15) is 5.38 Å². The molecule has 14 heavy (non-hydrogen) atoms. The van der Waals surface area contributed by atoms with Crippen LogP contribution in [0, 0.1) is 0 Å². The van der Waals surface area contributed by atoms with E-state index in [0.717, 1.165) is 14.9 Å². The van der Waals surface area contributed by atoms with Gasteiger partial charge in [-0.3, -0.25) is 4.79 Å². The van der Waals surface area contributed by atoms with Crippen LogP contribution in [-0.2, 0) is 4.79 Å². The van der Waals surface area contributed by atoms with Gasteiger partial charge in [-0.2, -0.15) is 0 Å². The molecule has 0 saturated heterocycles. The lowest BCUT2D eigenvalue weighted by molar-refractivity contribution is -0.116. The van der Waals surface area contributed by atoms with Crippen LogP contribution in [0.2, 0.25) is 0 Å². The molecule has 0 aliphatic carbocycles. The van der Waals surface area contributed by atoms with Gasteiger partial charge in [-0.25, -0.2) is 0 Å². The van der Waals surface area contributed by atoms with E-state index in [1.54, 1.807) is 11.8 Å². The molecule has 1 nitrogen and oxygen atoms in total. The van der Waals surface area contributed by atoms with E-state index in [-0.39, 0.29) is 5.78 Å². The van der Waals surface area contributed by atoms with E-state index in [1.165, 1.54) is 6.92 Å². The van der Waals surface area contributed by atoms with E-state index in [0.29, 0.717) is 0 Å². The fourth-order valence-electron chi connectivity index (χ4n) is 1.06. The average Bonchev–Trinajstić information content (AvgIpc) is 2.17. The van der Waals surface area contributed by atoms with Gasteiger partial charge < -0.3 is 0 Å². The summed E-state index contributed by atoms with van der Waals surface area (Å²) in [5.74, 6) is -0.0365. The van der Waals surface area contributed by atoms with E-state index in [2.05, 4.69) is 15.9 Å². The van der Waals surface area contributed by atoms with E-state index in [9.17, 15) is 4.79 Å². The van der Waals surface area contributed by atoms with Gasteiger partial charge >= 0.3 is 0 Å². The fraction of sp³-hybridized carbons (Fsp3) is 0.300. The highest BCUT2D eigenvalue weighted by atomic mass is 79.9. The molecule has 1 aromatic rings. The van der Waals surface area contributed by atoms with Crippen molar-refractivity contribution in [1.82, 2.24) is 0 Å². The second kappa shape index (κ2) is 5.19.